The van der Waals surface area contributed by atoms with Crippen LogP contribution in [-0.2, 0) is 14.3 Å². The first-order chi connectivity index (χ1) is 18.9. The number of nitrogens with zero attached hydrogens (tertiary/aromatic N) is 2. The Hall–Kier alpha value is -3.01. The maximum absolute atomic E-state index is 13.9. The first-order valence-electron chi connectivity index (χ1n) is 14.3. The van der Waals surface area contributed by atoms with E-state index in [0.29, 0.717) is 42.1 Å². The number of hydrogen-bond acceptors (Lipinski definition) is 7. The number of hydrogen-bond donors (Lipinski definition) is 2. The lowest BCUT2D eigenvalue weighted by Gasteiger charge is -2.36. The number of oxazole rings is 1. The molecule has 2 heterocycles. The number of carbonyl (C=O) groups is 3. The van der Waals surface area contributed by atoms with Crippen molar-refractivity contribution >= 4 is 34.6 Å². The molecule has 0 bridgehead atoms. The maximum Gasteiger partial charge on any atom is 0.394 e. The molecule has 5 rings (SSSR count). The Morgan fingerprint density at radius 2 is 1.87 bits per heavy atom. The van der Waals surface area contributed by atoms with Crippen molar-refractivity contribution in [2.75, 3.05) is 25.6 Å². The van der Waals surface area contributed by atoms with Crippen molar-refractivity contribution in [1.29, 1.82) is 0 Å². The second-order valence-electron chi connectivity index (χ2n) is 11.4. The van der Waals surface area contributed by atoms with Crippen LogP contribution in [0.1, 0.15) is 74.9 Å². The number of nitrogens with two attached hydrogens (primary N) is 1. The minimum atomic E-state index is -0.673. The Morgan fingerprint density at radius 3 is 2.56 bits per heavy atom. The summed E-state index contributed by atoms with van der Waals surface area (Å²) in [4.78, 5) is 45.4. The number of ether oxygens (including phenoxy) is 1. The lowest BCUT2D eigenvalue weighted by molar-refractivity contribution is -0.142. The fourth-order valence-corrected chi connectivity index (χ4v) is 7.00. The average Bonchev–Trinajstić information content (AvgIpc) is 3.61. The van der Waals surface area contributed by atoms with Crippen LogP contribution in [0.4, 0.5) is 10.1 Å². The largest absolute Gasteiger partial charge is 0.462 e. The first-order valence-corrected chi connectivity index (χ1v) is 14.3. The quantitative estimate of drug-likeness (QED) is 0.495. The van der Waals surface area contributed by atoms with Crippen molar-refractivity contribution < 1.29 is 27.9 Å². The van der Waals surface area contributed by atoms with E-state index in [9.17, 15) is 18.8 Å². The zero-order chi connectivity index (χ0) is 27.5. The highest BCUT2D eigenvalue weighted by molar-refractivity contribution is 5.99. The minimum absolute atomic E-state index is 0.0362. The van der Waals surface area contributed by atoms with Crippen LogP contribution < -0.4 is 11.1 Å². The summed E-state index contributed by atoms with van der Waals surface area (Å²) in [6.07, 6.45) is 9.37. The molecule has 3 aliphatic rings. The van der Waals surface area contributed by atoms with Crippen LogP contribution in [-0.4, -0.2) is 60.1 Å². The number of carbonyl (C=O) groups excluding carboxylic acids is 3. The molecule has 1 aliphatic heterocycles. The van der Waals surface area contributed by atoms with Gasteiger partial charge in [-0.2, -0.15) is 0 Å². The number of likely N-dealkylation sites (tertiary alicyclic amines) is 1. The Balaban J connectivity index is 1.34. The van der Waals surface area contributed by atoms with E-state index < -0.39 is 24.7 Å². The van der Waals surface area contributed by atoms with Crippen LogP contribution in [0.15, 0.2) is 22.6 Å². The molecule has 10 heteroatoms. The molecule has 2 amide bonds. The molecule has 39 heavy (non-hydrogen) atoms. The van der Waals surface area contributed by atoms with Gasteiger partial charge in [-0.3, -0.25) is 9.59 Å². The number of benzene rings is 1. The predicted octanol–water partition coefficient (Wildman–Crippen LogP) is 4.45. The molecular formula is C29H39FN4O5. The van der Waals surface area contributed by atoms with Crippen molar-refractivity contribution in [3.63, 3.8) is 0 Å². The molecule has 1 aromatic heterocycles. The number of alkyl halides is 1. The van der Waals surface area contributed by atoms with Gasteiger partial charge in [0, 0.05) is 30.3 Å². The van der Waals surface area contributed by atoms with Crippen molar-refractivity contribution in [1.82, 2.24) is 9.88 Å². The molecule has 2 aliphatic carbocycles. The lowest BCUT2D eigenvalue weighted by Crippen LogP contribution is -2.50. The van der Waals surface area contributed by atoms with Gasteiger partial charge in [0.05, 0.1) is 7.11 Å². The van der Waals surface area contributed by atoms with Crippen molar-refractivity contribution in [3.8, 4) is 0 Å². The van der Waals surface area contributed by atoms with Crippen molar-refractivity contribution in [2.45, 2.75) is 76.3 Å². The molecule has 3 atom stereocenters. The number of aromatic nitrogens is 1. The second kappa shape index (κ2) is 12.0. The van der Waals surface area contributed by atoms with E-state index in [4.69, 9.17) is 10.2 Å². The van der Waals surface area contributed by atoms with Gasteiger partial charge in [0.1, 0.15) is 18.2 Å². The molecule has 2 saturated carbocycles. The van der Waals surface area contributed by atoms with Gasteiger partial charge in [0.25, 0.3) is 0 Å². The van der Waals surface area contributed by atoms with Crippen LogP contribution in [0.5, 0.6) is 0 Å². The third-order valence-electron chi connectivity index (χ3n) is 9.17. The van der Waals surface area contributed by atoms with E-state index in [1.54, 1.807) is 18.2 Å². The number of fused-ring (bicyclic) bond motifs is 1. The molecule has 0 unspecified atom stereocenters. The maximum atomic E-state index is 13.9. The molecule has 3 fully saturated rings. The molecule has 212 valence electrons. The second-order valence-corrected chi connectivity index (χ2v) is 11.4. The Labute approximate surface area is 228 Å². The monoisotopic (exact) mass is 542 g/mol. The number of nitrogens with one attached hydrogen (secondary N) is 1. The summed E-state index contributed by atoms with van der Waals surface area (Å²) < 4.78 is 23.3. The molecule has 1 saturated heterocycles. The Bertz CT molecular complexity index is 1190. The lowest BCUT2D eigenvalue weighted by atomic mass is 9.76. The minimum Gasteiger partial charge on any atom is -0.462 e. The number of halogens is 1. The SMILES string of the molecule is COC(=O)c1nc2ccc(NC(=O)[C@@H]3[C@H](C4CCCCC4)CCN3C(=O)[C@H]3CC[C@H]([C@H](N)CF)CC3)cc2o1. The summed E-state index contributed by atoms with van der Waals surface area (Å²) in [5.74, 6) is -0.495. The summed E-state index contributed by atoms with van der Waals surface area (Å²) >= 11 is 0. The highest BCUT2D eigenvalue weighted by Gasteiger charge is 2.47. The van der Waals surface area contributed by atoms with Gasteiger partial charge >= 0.3 is 11.9 Å². The smallest absolute Gasteiger partial charge is 0.394 e. The van der Waals surface area contributed by atoms with Gasteiger partial charge in [0.2, 0.25) is 11.8 Å². The van der Waals surface area contributed by atoms with Gasteiger partial charge in [-0.25, -0.2) is 14.2 Å². The third-order valence-corrected chi connectivity index (χ3v) is 9.17. The predicted molar refractivity (Wildman–Crippen MR) is 144 cm³/mol. The molecule has 2 aromatic rings. The van der Waals surface area contributed by atoms with E-state index in [-0.39, 0.29) is 35.5 Å². The van der Waals surface area contributed by atoms with Gasteiger partial charge in [-0.1, -0.05) is 32.1 Å². The molecule has 0 spiro atoms. The van der Waals surface area contributed by atoms with E-state index >= 15 is 0 Å². The summed E-state index contributed by atoms with van der Waals surface area (Å²) in [5, 5.41) is 3.02. The Morgan fingerprint density at radius 1 is 1.13 bits per heavy atom. The van der Waals surface area contributed by atoms with Gasteiger partial charge in [-0.05, 0) is 62.0 Å². The van der Waals surface area contributed by atoms with E-state index in [2.05, 4.69) is 15.0 Å². The highest BCUT2D eigenvalue weighted by atomic mass is 19.1. The summed E-state index contributed by atoms with van der Waals surface area (Å²) in [6, 6.07) is 4.03. The van der Waals surface area contributed by atoms with Crippen molar-refractivity contribution in [3.05, 3.63) is 24.1 Å². The topological polar surface area (TPSA) is 128 Å². The summed E-state index contributed by atoms with van der Waals surface area (Å²) in [7, 11) is 1.25. The molecule has 1 aromatic carbocycles. The number of amides is 2. The summed E-state index contributed by atoms with van der Waals surface area (Å²) in [6.45, 7) is 0.0379. The number of esters is 1. The van der Waals surface area contributed by atoms with Crippen molar-refractivity contribution in [2.24, 2.45) is 29.4 Å². The Kier molecular flexibility index (Phi) is 8.49. The van der Waals surface area contributed by atoms with Crippen LogP contribution in [0.25, 0.3) is 11.1 Å². The average molecular weight is 543 g/mol. The van der Waals surface area contributed by atoms with E-state index in [1.807, 2.05) is 4.90 Å². The standard InChI is InChI=1S/C29H39FN4O5/c1-38-29(37)27-33-23-12-11-20(15-24(23)39-27)32-26(35)25-21(17-5-3-2-4-6-17)13-14-34(25)28(36)19-9-7-18(8-10-19)22(31)16-30/h11-12,15,17-19,21-22,25H,2-10,13-14,16,31H2,1H3,(H,32,35)/t18-,19-,21-,22+,25-/m0/s1. The first kappa shape index (κ1) is 27.6. The van der Waals surface area contributed by atoms with Gasteiger partial charge in [-0.15, -0.1) is 0 Å². The fourth-order valence-electron chi connectivity index (χ4n) is 7.00. The number of rotatable bonds is 7. The molecular weight excluding hydrogens is 503 g/mol. The van der Waals surface area contributed by atoms with Gasteiger partial charge in [0.15, 0.2) is 5.58 Å². The van der Waals surface area contributed by atoms with E-state index in [1.165, 1.54) is 13.5 Å². The van der Waals surface area contributed by atoms with E-state index in [0.717, 1.165) is 44.9 Å². The van der Waals surface area contributed by atoms with Crippen LogP contribution in [0.3, 0.4) is 0 Å². The number of anilines is 1. The number of methoxy groups -OCH3 is 1. The highest BCUT2D eigenvalue weighted by Crippen LogP contribution is 2.41. The molecule has 9 nitrogen and oxygen atoms in total. The summed E-state index contributed by atoms with van der Waals surface area (Å²) in [5.41, 5.74) is 7.29. The normalized spacial score (nSPS) is 26.9. The van der Waals surface area contributed by atoms with Gasteiger partial charge < -0.3 is 25.1 Å². The van der Waals surface area contributed by atoms with Crippen LogP contribution in [0, 0.1) is 23.7 Å². The van der Waals surface area contributed by atoms with Crippen LogP contribution >= 0.6 is 0 Å². The van der Waals surface area contributed by atoms with Crippen LogP contribution in [0.2, 0.25) is 0 Å². The fraction of sp³-hybridized carbons (Fsp3) is 0.655. The molecule has 0 radical (unpaired) electrons. The zero-order valence-electron chi connectivity index (χ0n) is 22.6. The molecule has 3 N–H and O–H groups in total. The third kappa shape index (κ3) is 5.81. The zero-order valence-corrected chi connectivity index (χ0v) is 22.6.